The molecule has 2 atom stereocenters. The minimum absolute atomic E-state index is 0.0860. The number of hydrogen-bond acceptors (Lipinski definition) is 5. The number of nitrogens with zero attached hydrogens (tertiary/aromatic N) is 2. The second-order valence-electron chi connectivity index (χ2n) is 7.27. The molecular weight excluding hydrogens is 399 g/mol. The molecule has 28 heavy (non-hydrogen) atoms. The molecule has 146 valence electrons. The fourth-order valence-electron chi connectivity index (χ4n) is 3.69. The van der Waals surface area contributed by atoms with Gasteiger partial charge in [-0.05, 0) is 69.8 Å². The van der Waals surface area contributed by atoms with Crippen LogP contribution in [0, 0.1) is 0 Å². The Balaban J connectivity index is 1.58. The number of fused-ring (bicyclic) bond motifs is 1. The molecule has 0 amide bonds. The molecule has 4 rings (SSSR count). The fourth-order valence-corrected chi connectivity index (χ4v) is 4.22. The normalized spacial score (nSPS) is 19.5. The third kappa shape index (κ3) is 3.88. The van der Waals surface area contributed by atoms with Crippen LogP contribution in [0.1, 0.15) is 29.6 Å². The molecule has 0 saturated heterocycles. The number of carbonyl (C=O) groups is 1. The van der Waals surface area contributed by atoms with Crippen LogP contribution in [0.5, 0.6) is 0 Å². The molecule has 7 heteroatoms. The maximum atomic E-state index is 12.6. The lowest BCUT2D eigenvalue weighted by Crippen LogP contribution is -2.37. The molecule has 0 aliphatic heterocycles. The molecule has 1 aliphatic carbocycles. The second-order valence-corrected chi connectivity index (χ2v) is 8.14. The molecule has 1 aliphatic rings. The highest BCUT2D eigenvalue weighted by atomic mass is 35.5. The van der Waals surface area contributed by atoms with E-state index in [0.717, 1.165) is 19.3 Å². The van der Waals surface area contributed by atoms with Gasteiger partial charge in [0.25, 0.3) is 0 Å². The molecular formula is C21H20Cl2N2O3. The minimum atomic E-state index is -0.343. The molecule has 1 aromatic heterocycles. The summed E-state index contributed by atoms with van der Waals surface area (Å²) in [5.74, 6) is 0.0535. The van der Waals surface area contributed by atoms with Crippen molar-refractivity contribution < 1.29 is 13.9 Å². The lowest BCUT2D eigenvalue weighted by atomic mass is 10.2. The van der Waals surface area contributed by atoms with Crippen LogP contribution in [-0.2, 0) is 4.74 Å². The number of aromatic nitrogens is 1. The third-order valence-electron chi connectivity index (χ3n) is 5.07. The van der Waals surface area contributed by atoms with Gasteiger partial charge < -0.3 is 14.1 Å². The quantitative estimate of drug-likeness (QED) is 0.527. The van der Waals surface area contributed by atoms with Crippen molar-refractivity contribution in [2.75, 3.05) is 14.1 Å². The number of carbonyl (C=O) groups excluding carboxylic acids is 1. The number of hydrogen-bond donors (Lipinski definition) is 0. The fraction of sp³-hybridized carbons (Fsp3) is 0.333. The third-order valence-corrected chi connectivity index (χ3v) is 5.51. The number of oxazole rings is 1. The lowest BCUT2D eigenvalue weighted by molar-refractivity contribution is 0.0151. The van der Waals surface area contributed by atoms with E-state index in [0.29, 0.717) is 38.2 Å². The number of benzene rings is 2. The maximum absolute atomic E-state index is 12.6. The Bertz CT molecular complexity index is 1010. The zero-order valence-electron chi connectivity index (χ0n) is 15.6. The average Bonchev–Trinajstić information content (AvgIpc) is 3.26. The topological polar surface area (TPSA) is 55.6 Å². The smallest absolute Gasteiger partial charge is 0.338 e. The molecule has 0 unspecified atom stereocenters. The van der Waals surface area contributed by atoms with Crippen LogP contribution in [0.2, 0.25) is 10.0 Å². The predicted molar refractivity (Wildman–Crippen MR) is 110 cm³/mol. The van der Waals surface area contributed by atoms with Gasteiger partial charge in [0.2, 0.25) is 5.89 Å². The Morgan fingerprint density at radius 1 is 1.14 bits per heavy atom. The SMILES string of the molecule is CN(C)[C@H]1CCC[C@@H]1OC(=O)c1ccc2nc(-c3cc(Cl)cc(Cl)c3)oc2c1. The maximum Gasteiger partial charge on any atom is 0.338 e. The van der Waals surface area contributed by atoms with E-state index in [2.05, 4.69) is 9.88 Å². The zero-order chi connectivity index (χ0) is 19.8. The van der Waals surface area contributed by atoms with E-state index in [1.54, 1.807) is 36.4 Å². The van der Waals surface area contributed by atoms with Crippen molar-refractivity contribution in [3.63, 3.8) is 0 Å². The summed E-state index contributed by atoms with van der Waals surface area (Å²) < 4.78 is 11.6. The second kappa shape index (κ2) is 7.74. The van der Waals surface area contributed by atoms with Crippen LogP contribution in [0.25, 0.3) is 22.6 Å². The van der Waals surface area contributed by atoms with E-state index >= 15 is 0 Å². The highest BCUT2D eigenvalue weighted by Gasteiger charge is 2.32. The molecule has 1 saturated carbocycles. The number of ether oxygens (including phenoxy) is 1. The number of halogens is 2. The van der Waals surface area contributed by atoms with E-state index in [1.165, 1.54) is 0 Å². The summed E-state index contributed by atoms with van der Waals surface area (Å²) in [6.45, 7) is 0. The Kier molecular flexibility index (Phi) is 5.32. The summed E-state index contributed by atoms with van der Waals surface area (Å²) >= 11 is 12.1. The van der Waals surface area contributed by atoms with Gasteiger partial charge >= 0.3 is 5.97 Å². The Hall–Kier alpha value is -2.08. The summed E-state index contributed by atoms with van der Waals surface area (Å²) in [6.07, 6.45) is 2.90. The Morgan fingerprint density at radius 3 is 2.61 bits per heavy atom. The van der Waals surface area contributed by atoms with Gasteiger partial charge in [-0.3, -0.25) is 0 Å². The van der Waals surface area contributed by atoms with Crippen molar-refractivity contribution in [2.45, 2.75) is 31.4 Å². The van der Waals surface area contributed by atoms with Gasteiger partial charge in [-0.2, -0.15) is 0 Å². The summed E-state index contributed by atoms with van der Waals surface area (Å²) in [7, 11) is 4.03. The zero-order valence-corrected chi connectivity index (χ0v) is 17.1. The van der Waals surface area contributed by atoms with Gasteiger partial charge in [-0.15, -0.1) is 0 Å². The van der Waals surface area contributed by atoms with Crippen LogP contribution in [0.4, 0.5) is 0 Å². The average molecular weight is 419 g/mol. The molecule has 0 bridgehead atoms. The number of rotatable bonds is 4. The molecule has 0 N–H and O–H groups in total. The minimum Gasteiger partial charge on any atom is -0.457 e. The molecule has 5 nitrogen and oxygen atoms in total. The van der Waals surface area contributed by atoms with Crippen molar-refractivity contribution in [3.8, 4) is 11.5 Å². The van der Waals surface area contributed by atoms with E-state index in [-0.39, 0.29) is 18.1 Å². The van der Waals surface area contributed by atoms with Crippen LogP contribution in [0.15, 0.2) is 40.8 Å². The van der Waals surface area contributed by atoms with Gasteiger partial charge in [0.05, 0.1) is 5.56 Å². The van der Waals surface area contributed by atoms with Crippen LogP contribution in [0.3, 0.4) is 0 Å². The van der Waals surface area contributed by atoms with Crippen molar-refractivity contribution in [2.24, 2.45) is 0 Å². The molecule has 3 aromatic rings. The summed E-state index contributed by atoms with van der Waals surface area (Å²) in [6, 6.07) is 10.5. The number of likely N-dealkylation sites (N-methyl/N-ethyl adjacent to an activating group) is 1. The van der Waals surface area contributed by atoms with E-state index < -0.39 is 0 Å². The summed E-state index contributed by atoms with van der Waals surface area (Å²) in [5, 5.41) is 1.00. The van der Waals surface area contributed by atoms with Crippen molar-refractivity contribution >= 4 is 40.3 Å². The van der Waals surface area contributed by atoms with Gasteiger partial charge in [0, 0.05) is 21.7 Å². The van der Waals surface area contributed by atoms with Gasteiger partial charge in [-0.25, -0.2) is 9.78 Å². The van der Waals surface area contributed by atoms with Crippen molar-refractivity contribution in [1.29, 1.82) is 0 Å². The van der Waals surface area contributed by atoms with Crippen LogP contribution < -0.4 is 0 Å². The Labute approximate surface area is 173 Å². The largest absolute Gasteiger partial charge is 0.457 e. The first-order valence-corrected chi connectivity index (χ1v) is 9.91. The van der Waals surface area contributed by atoms with E-state index in [1.807, 2.05) is 14.1 Å². The van der Waals surface area contributed by atoms with Crippen molar-refractivity contribution in [1.82, 2.24) is 9.88 Å². The van der Waals surface area contributed by atoms with E-state index in [4.69, 9.17) is 32.4 Å². The van der Waals surface area contributed by atoms with Crippen molar-refractivity contribution in [3.05, 3.63) is 52.0 Å². The van der Waals surface area contributed by atoms with Crippen LogP contribution in [-0.4, -0.2) is 42.1 Å². The number of esters is 1. The highest BCUT2D eigenvalue weighted by molar-refractivity contribution is 6.35. The van der Waals surface area contributed by atoms with Gasteiger partial charge in [0.1, 0.15) is 11.6 Å². The standard InChI is InChI=1S/C21H20Cl2N2O3/c1-25(2)17-4-3-5-18(17)28-21(26)12-6-7-16-19(10-12)27-20(24-16)13-8-14(22)11-15(23)9-13/h6-11,17-18H,3-5H2,1-2H3/t17-,18-/m0/s1. The lowest BCUT2D eigenvalue weighted by Gasteiger charge is -2.25. The van der Waals surface area contributed by atoms with E-state index in [9.17, 15) is 4.79 Å². The molecule has 2 aromatic carbocycles. The molecule has 1 fully saturated rings. The molecule has 1 heterocycles. The first-order valence-electron chi connectivity index (χ1n) is 9.15. The van der Waals surface area contributed by atoms with Gasteiger partial charge in [-0.1, -0.05) is 23.2 Å². The first kappa shape index (κ1) is 19.2. The predicted octanol–water partition coefficient (Wildman–Crippen LogP) is 5.44. The van der Waals surface area contributed by atoms with Crippen LogP contribution >= 0.6 is 23.2 Å². The summed E-state index contributed by atoms with van der Waals surface area (Å²) in [5.41, 5.74) is 2.28. The highest BCUT2D eigenvalue weighted by Crippen LogP contribution is 2.30. The summed E-state index contributed by atoms with van der Waals surface area (Å²) in [4.78, 5) is 19.2. The monoisotopic (exact) mass is 418 g/mol. The Morgan fingerprint density at radius 2 is 1.89 bits per heavy atom. The first-order chi connectivity index (χ1) is 13.4. The molecule has 0 spiro atoms. The van der Waals surface area contributed by atoms with Gasteiger partial charge in [0.15, 0.2) is 5.58 Å². The molecule has 0 radical (unpaired) electrons.